The van der Waals surface area contributed by atoms with Gasteiger partial charge in [0.05, 0.1) is 0 Å². The highest BCUT2D eigenvalue weighted by atomic mass is 16.5. The van der Waals surface area contributed by atoms with E-state index < -0.39 is 5.97 Å². The van der Waals surface area contributed by atoms with E-state index in [1.807, 2.05) is 30.3 Å². The van der Waals surface area contributed by atoms with Gasteiger partial charge in [-0.15, -0.1) is 0 Å². The van der Waals surface area contributed by atoms with Crippen molar-refractivity contribution in [2.75, 3.05) is 6.61 Å². The minimum atomic E-state index is -0.566. The van der Waals surface area contributed by atoms with Crippen LogP contribution in [0.3, 0.4) is 0 Å². The summed E-state index contributed by atoms with van der Waals surface area (Å²) in [7, 11) is 0. The van der Waals surface area contributed by atoms with E-state index in [9.17, 15) is 9.59 Å². The lowest BCUT2D eigenvalue weighted by atomic mass is 9.98. The van der Waals surface area contributed by atoms with Crippen LogP contribution in [0.5, 0.6) is 0 Å². The van der Waals surface area contributed by atoms with Crippen molar-refractivity contribution in [2.45, 2.75) is 0 Å². The zero-order valence-corrected chi connectivity index (χ0v) is 8.60. The van der Waals surface area contributed by atoms with Gasteiger partial charge in [0, 0.05) is 0 Å². The SMILES string of the molecule is C=C/C(=C1\C(=O)COC1=O)c1ccccc1. The van der Waals surface area contributed by atoms with E-state index in [1.165, 1.54) is 6.08 Å². The number of ketones is 1. The van der Waals surface area contributed by atoms with Crippen LogP contribution in [0.4, 0.5) is 0 Å². The monoisotopic (exact) mass is 214 g/mol. The highest BCUT2D eigenvalue weighted by molar-refractivity contribution is 6.27. The summed E-state index contributed by atoms with van der Waals surface area (Å²) >= 11 is 0. The van der Waals surface area contributed by atoms with Gasteiger partial charge in [0.2, 0.25) is 5.78 Å². The van der Waals surface area contributed by atoms with Gasteiger partial charge in [-0.25, -0.2) is 4.79 Å². The summed E-state index contributed by atoms with van der Waals surface area (Å²) in [6, 6.07) is 9.18. The number of cyclic esters (lactones) is 1. The Morgan fingerprint density at radius 1 is 1.25 bits per heavy atom. The Hall–Kier alpha value is -2.16. The molecule has 0 unspecified atom stereocenters. The quantitative estimate of drug-likeness (QED) is 0.428. The number of benzene rings is 1. The Bertz CT molecular complexity index is 465. The van der Waals surface area contributed by atoms with Crippen molar-refractivity contribution in [1.82, 2.24) is 0 Å². The lowest BCUT2D eigenvalue weighted by Crippen LogP contribution is -2.04. The van der Waals surface area contributed by atoms with Gasteiger partial charge < -0.3 is 4.74 Å². The second-order valence-electron chi connectivity index (χ2n) is 3.36. The molecule has 0 aliphatic carbocycles. The maximum absolute atomic E-state index is 11.5. The molecule has 0 radical (unpaired) electrons. The number of hydrogen-bond acceptors (Lipinski definition) is 3. The zero-order valence-electron chi connectivity index (χ0n) is 8.60. The molecule has 1 aromatic carbocycles. The highest BCUT2D eigenvalue weighted by Gasteiger charge is 2.31. The molecule has 1 fully saturated rings. The van der Waals surface area contributed by atoms with Crippen LogP contribution >= 0.6 is 0 Å². The smallest absolute Gasteiger partial charge is 0.343 e. The molecule has 0 saturated carbocycles. The molecule has 0 N–H and O–H groups in total. The molecule has 1 aromatic rings. The topological polar surface area (TPSA) is 43.4 Å². The number of allylic oxidation sites excluding steroid dienone is 2. The standard InChI is InChI=1S/C13H10O3/c1-2-10(9-6-4-3-5-7-9)12-11(14)8-16-13(12)15/h2-7H,1,8H2/b12-10-. The number of Topliss-reactive ketones (excluding diaryl/α,β-unsaturated/α-hetero) is 1. The van der Waals surface area contributed by atoms with Gasteiger partial charge in [-0.2, -0.15) is 0 Å². The fraction of sp³-hybridized carbons (Fsp3) is 0.0769. The fourth-order valence-electron chi connectivity index (χ4n) is 1.63. The molecule has 1 aliphatic rings. The van der Waals surface area contributed by atoms with Crippen molar-refractivity contribution in [3.05, 3.63) is 54.1 Å². The van der Waals surface area contributed by atoms with Gasteiger partial charge >= 0.3 is 5.97 Å². The molecule has 1 heterocycles. The summed E-state index contributed by atoms with van der Waals surface area (Å²) in [5, 5.41) is 0. The van der Waals surface area contributed by atoms with Gasteiger partial charge in [-0.05, 0) is 11.1 Å². The van der Waals surface area contributed by atoms with Crippen LogP contribution < -0.4 is 0 Å². The van der Waals surface area contributed by atoms with Crippen LogP contribution in [-0.2, 0) is 14.3 Å². The molecule has 80 valence electrons. The first-order valence-electron chi connectivity index (χ1n) is 4.86. The van der Waals surface area contributed by atoms with Crippen molar-refractivity contribution in [3.63, 3.8) is 0 Å². The number of carbonyl (C=O) groups is 2. The molecule has 1 aliphatic heterocycles. The lowest BCUT2D eigenvalue weighted by molar-refractivity contribution is -0.135. The number of hydrogen-bond donors (Lipinski definition) is 0. The molecule has 3 nitrogen and oxygen atoms in total. The Labute approximate surface area is 93.0 Å². The van der Waals surface area contributed by atoms with Gasteiger partial charge in [0.1, 0.15) is 5.57 Å². The first-order valence-corrected chi connectivity index (χ1v) is 4.86. The maximum atomic E-state index is 11.5. The number of carbonyl (C=O) groups excluding carboxylic acids is 2. The fourth-order valence-corrected chi connectivity index (χ4v) is 1.63. The van der Waals surface area contributed by atoms with Crippen LogP contribution in [0.15, 0.2) is 48.6 Å². The third-order valence-electron chi connectivity index (χ3n) is 2.38. The third kappa shape index (κ3) is 1.67. The molecule has 0 amide bonds. The molecule has 0 aromatic heterocycles. The van der Waals surface area contributed by atoms with E-state index in [1.54, 1.807) is 0 Å². The molecule has 1 saturated heterocycles. The Morgan fingerprint density at radius 3 is 2.44 bits per heavy atom. The first-order chi connectivity index (χ1) is 7.74. The molecular weight excluding hydrogens is 204 g/mol. The van der Waals surface area contributed by atoms with Crippen LogP contribution in [-0.4, -0.2) is 18.4 Å². The second-order valence-corrected chi connectivity index (χ2v) is 3.36. The predicted octanol–water partition coefficient (Wildman–Crippen LogP) is 1.75. The molecule has 0 atom stereocenters. The van der Waals surface area contributed by atoms with E-state index in [0.29, 0.717) is 5.57 Å². The average Bonchev–Trinajstić information content (AvgIpc) is 2.63. The van der Waals surface area contributed by atoms with Gasteiger partial charge in [0.15, 0.2) is 6.61 Å². The van der Waals surface area contributed by atoms with E-state index >= 15 is 0 Å². The number of ether oxygens (including phenoxy) is 1. The predicted molar refractivity (Wildman–Crippen MR) is 59.5 cm³/mol. The van der Waals surface area contributed by atoms with Crippen molar-refractivity contribution >= 4 is 17.3 Å². The van der Waals surface area contributed by atoms with E-state index in [4.69, 9.17) is 0 Å². The van der Waals surface area contributed by atoms with E-state index in [2.05, 4.69) is 11.3 Å². The minimum Gasteiger partial charge on any atom is -0.454 e. The molecule has 0 spiro atoms. The van der Waals surface area contributed by atoms with Gasteiger partial charge in [0.25, 0.3) is 0 Å². The molecule has 2 rings (SSSR count). The average molecular weight is 214 g/mol. The summed E-state index contributed by atoms with van der Waals surface area (Å²) in [4.78, 5) is 22.9. The minimum absolute atomic E-state index is 0.0983. The van der Waals surface area contributed by atoms with Crippen molar-refractivity contribution in [2.24, 2.45) is 0 Å². The van der Waals surface area contributed by atoms with Crippen molar-refractivity contribution < 1.29 is 14.3 Å². The normalized spacial score (nSPS) is 18.2. The lowest BCUT2D eigenvalue weighted by Gasteiger charge is -2.03. The van der Waals surface area contributed by atoms with Gasteiger partial charge in [-0.3, -0.25) is 4.79 Å². The largest absolute Gasteiger partial charge is 0.454 e. The Balaban J connectivity index is 2.58. The van der Waals surface area contributed by atoms with Crippen LogP contribution in [0, 0.1) is 0 Å². The van der Waals surface area contributed by atoms with Crippen molar-refractivity contribution in [3.8, 4) is 0 Å². The summed E-state index contributed by atoms with van der Waals surface area (Å²) in [5.74, 6) is -0.854. The van der Waals surface area contributed by atoms with Crippen LogP contribution in [0.1, 0.15) is 5.56 Å². The van der Waals surface area contributed by atoms with Crippen LogP contribution in [0.2, 0.25) is 0 Å². The second kappa shape index (κ2) is 4.14. The number of rotatable bonds is 2. The summed E-state index contributed by atoms with van der Waals surface area (Å²) in [5.41, 5.74) is 1.43. The van der Waals surface area contributed by atoms with Crippen molar-refractivity contribution in [1.29, 1.82) is 0 Å². The van der Waals surface area contributed by atoms with Gasteiger partial charge in [-0.1, -0.05) is 43.0 Å². The molecule has 3 heteroatoms. The number of esters is 1. The summed E-state index contributed by atoms with van der Waals surface area (Å²) in [6.07, 6.45) is 1.51. The first kappa shape index (κ1) is 10.4. The maximum Gasteiger partial charge on any atom is 0.343 e. The zero-order chi connectivity index (χ0) is 11.5. The Morgan fingerprint density at radius 2 is 1.94 bits per heavy atom. The molecule has 0 bridgehead atoms. The van der Waals surface area contributed by atoms with E-state index in [0.717, 1.165) is 5.56 Å². The van der Waals surface area contributed by atoms with E-state index in [-0.39, 0.29) is 18.0 Å². The highest BCUT2D eigenvalue weighted by Crippen LogP contribution is 2.24. The summed E-state index contributed by atoms with van der Waals surface area (Å²) in [6.45, 7) is 3.46. The summed E-state index contributed by atoms with van der Waals surface area (Å²) < 4.78 is 4.69. The molecule has 16 heavy (non-hydrogen) atoms. The van der Waals surface area contributed by atoms with Crippen LogP contribution in [0.25, 0.3) is 5.57 Å². The molecular formula is C13H10O3. The Kier molecular flexibility index (Phi) is 2.68. The third-order valence-corrected chi connectivity index (χ3v) is 2.38.